The number of rotatable bonds is 4. The first kappa shape index (κ1) is 10.8. The molecular formula is C11H12ClNO. The minimum Gasteiger partial charge on any atom is -0.351 e. The molecule has 1 aromatic rings. The number of carbonyl (C=O) groups is 1. The summed E-state index contributed by atoms with van der Waals surface area (Å²) in [5.74, 6) is 0.319. The van der Waals surface area contributed by atoms with Gasteiger partial charge in [-0.05, 0) is 11.6 Å². The van der Waals surface area contributed by atoms with Crippen molar-refractivity contribution >= 4 is 23.6 Å². The van der Waals surface area contributed by atoms with Crippen molar-refractivity contribution in [3.8, 4) is 0 Å². The van der Waals surface area contributed by atoms with Gasteiger partial charge in [-0.1, -0.05) is 30.3 Å². The number of carbonyl (C=O) groups excluding carboxylic acids is 1. The van der Waals surface area contributed by atoms with Crippen LogP contribution in [0.15, 0.2) is 36.4 Å². The Balaban J connectivity index is 2.44. The molecule has 0 saturated heterocycles. The van der Waals surface area contributed by atoms with Crippen LogP contribution in [0.4, 0.5) is 0 Å². The molecule has 14 heavy (non-hydrogen) atoms. The fourth-order valence-electron chi connectivity index (χ4n) is 0.965. The van der Waals surface area contributed by atoms with Crippen molar-refractivity contribution in [3.05, 3.63) is 42.0 Å². The van der Waals surface area contributed by atoms with E-state index in [0.717, 1.165) is 5.56 Å². The van der Waals surface area contributed by atoms with Crippen molar-refractivity contribution in [3.63, 3.8) is 0 Å². The maximum absolute atomic E-state index is 11.1. The largest absolute Gasteiger partial charge is 0.351 e. The molecule has 1 aromatic carbocycles. The van der Waals surface area contributed by atoms with Crippen LogP contribution in [0.25, 0.3) is 6.08 Å². The zero-order valence-electron chi connectivity index (χ0n) is 7.74. The quantitative estimate of drug-likeness (QED) is 0.597. The molecule has 1 N–H and O–H groups in total. The molecule has 2 nitrogen and oxygen atoms in total. The molecule has 3 heteroatoms. The summed E-state index contributed by atoms with van der Waals surface area (Å²) in [6, 6.07) is 9.66. The second-order valence-corrected chi connectivity index (χ2v) is 3.10. The van der Waals surface area contributed by atoms with Crippen LogP contribution in [0, 0.1) is 0 Å². The molecule has 0 radical (unpaired) electrons. The van der Waals surface area contributed by atoms with Gasteiger partial charge in [0.1, 0.15) is 0 Å². The molecule has 0 spiro atoms. The van der Waals surface area contributed by atoms with Crippen molar-refractivity contribution in [2.24, 2.45) is 0 Å². The van der Waals surface area contributed by atoms with E-state index in [9.17, 15) is 4.79 Å². The van der Waals surface area contributed by atoms with E-state index in [0.29, 0.717) is 12.4 Å². The summed E-state index contributed by atoms with van der Waals surface area (Å²) in [4.78, 5) is 11.1. The zero-order valence-corrected chi connectivity index (χ0v) is 8.50. The second kappa shape index (κ2) is 6.22. The topological polar surface area (TPSA) is 29.1 Å². The Labute approximate surface area is 88.6 Å². The molecule has 0 fully saturated rings. The highest BCUT2D eigenvalue weighted by Crippen LogP contribution is 2.00. The standard InChI is InChI=1S/C11H12ClNO/c12-8-9-13-11(14)7-6-10-4-2-1-3-5-10/h1-7H,8-9H2,(H,13,14)/b7-6+. The van der Waals surface area contributed by atoms with E-state index in [4.69, 9.17) is 11.6 Å². The smallest absolute Gasteiger partial charge is 0.244 e. The Kier molecular flexibility index (Phi) is 4.79. The number of halogens is 1. The average molecular weight is 210 g/mol. The third kappa shape index (κ3) is 4.10. The molecule has 1 amide bonds. The van der Waals surface area contributed by atoms with Gasteiger partial charge >= 0.3 is 0 Å². The third-order valence-electron chi connectivity index (χ3n) is 1.62. The van der Waals surface area contributed by atoms with Crippen LogP contribution in [-0.2, 0) is 4.79 Å². The lowest BCUT2D eigenvalue weighted by molar-refractivity contribution is -0.116. The molecule has 0 heterocycles. The lowest BCUT2D eigenvalue weighted by atomic mass is 10.2. The predicted octanol–water partition coefficient (Wildman–Crippen LogP) is 2.05. The summed E-state index contributed by atoms with van der Waals surface area (Å²) >= 11 is 5.42. The van der Waals surface area contributed by atoms with E-state index >= 15 is 0 Å². The van der Waals surface area contributed by atoms with Gasteiger partial charge in [0.25, 0.3) is 0 Å². The van der Waals surface area contributed by atoms with E-state index in [2.05, 4.69) is 5.32 Å². The van der Waals surface area contributed by atoms with Crippen LogP contribution in [-0.4, -0.2) is 18.3 Å². The molecule has 0 saturated carbocycles. The van der Waals surface area contributed by atoms with E-state index < -0.39 is 0 Å². The molecule has 0 aliphatic heterocycles. The van der Waals surface area contributed by atoms with Gasteiger partial charge in [-0.2, -0.15) is 0 Å². The Hall–Kier alpha value is -1.28. The maximum atomic E-state index is 11.1. The SMILES string of the molecule is O=C(/C=C/c1ccccc1)NCCCl. The van der Waals surface area contributed by atoms with Crippen molar-refractivity contribution in [2.75, 3.05) is 12.4 Å². The van der Waals surface area contributed by atoms with Crippen LogP contribution in [0.5, 0.6) is 0 Å². The first-order chi connectivity index (χ1) is 6.83. The number of hydrogen-bond acceptors (Lipinski definition) is 1. The third-order valence-corrected chi connectivity index (χ3v) is 1.81. The summed E-state index contributed by atoms with van der Waals surface area (Å²) < 4.78 is 0. The summed E-state index contributed by atoms with van der Waals surface area (Å²) in [5, 5.41) is 2.64. The Morgan fingerprint density at radius 2 is 2.07 bits per heavy atom. The Morgan fingerprint density at radius 1 is 1.36 bits per heavy atom. The van der Waals surface area contributed by atoms with Gasteiger partial charge in [-0.25, -0.2) is 0 Å². The highest BCUT2D eigenvalue weighted by Gasteiger charge is 1.92. The lowest BCUT2D eigenvalue weighted by Crippen LogP contribution is -2.22. The highest BCUT2D eigenvalue weighted by atomic mass is 35.5. The normalized spacial score (nSPS) is 10.4. The first-order valence-electron chi connectivity index (χ1n) is 4.40. The molecule has 0 atom stereocenters. The number of hydrogen-bond donors (Lipinski definition) is 1. The van der Waals surface area contributed by atoms with Gasteiger partial charge in [0.05, 0.1) is 0 Å². The van der Waals surface area contributed by atoms with Gasteiger partial charge in [0.15, 0.2) is 0 Å². The molecule has 74 valence electrons. The average Bonchev–Trinajstić information content (AvgIpc) is 2.25. The summed E-state index contributed by atoms with van der Waals surface area (Å²) in [5.41, 5.74) is 1.01. The van der Waals surface area contributed by atoms with Gasteiger partial charge in [0, 0.05) is 18.5 Å². The second-order valence-electron chi connectivity index (χ2n) is 2.72. The Morgan fingerprint density at radius 3 is 2.71 bits per heavy atom. The molecule has 0 aromatic heterocycles. The lowest BCUT2D eigenvalue weighted by Gasteiger charge is -1.96. The predicted molar refractivity (Wildman–Crippen MR) is 59.2 cm³/mol. The van der Waals surface area contributed by atoms with Crippen molar-refractivity contribution in [2.45, 2.75) is 0 Å². The highest BCUT2D eigenvalue weighted by molar-refractivity contribution is 6.18. The van der Waals surface area contributed by atoms with E-state index in [1.807, 2.05) is 30.3 Å². The van der Waals surface area contributed by atoms with Gasteiger partial charge in [-0.15, -0.1) is 11.6 Å². The van der Waals surface area contributed by atoms with Crippen LogP contribution >= 0.6 is 11.6 Å². The Bertz CT molecular complexity index is 308. The van der Waals surface area contributed by atoms with Crippen molar-refractivity contribution in [1.29, 1.82) is 0 Å². The number of benzene rings is 1. The van der Waals surface area contributed by atoms with Crippen LogP contribution in [0.1, 0.15) is 5.56 Å². The van der Waals surface area contributed by atoms with Gasteiger partial charge in [-0.3, -0.25) is 4.79 Å². The van der Waals surface area contributed by atoms with Crippen LogP contribution in [0.2, 0.25) is 0 Å². The monoisotopic (exact) mass is 209 g/mol. The van der Waals surface area contributed by atoms with E-state index in [1.165, 1.54) is 6.08 Å². The molecule has 0 unspecified atom stereocenters. The summed E-state index contributed by atoms with van der Waals surface area (Å²) in [6.07, 6.45) is 3.27. The van der Waals surface area contributed by atoms with E-state index in [1.54, 1.807) is 6.08 Å². The number of amides is 1. The first-order valence-corrected chi connectivity index (χ1v) is 4.93. The molecule has 0 bridgehead atoms. The maximum Gasteiger partial charge on any atom is 0.244 e. The molecule has 0 aliphatic carbocycles. The molecular weight excluding hydrogens is 198 g/mol. The summed E-state index contributed by atoms with van der Waals surface area (Å²) in [6.45, 7) is 0.500. The molecule has 1 rings (SSSR count). The fourth-order valence-corrected chi connectivity index (χ4v) is 1.06. The van der Waals surface area contributed by atoms with Crippen molar-refractivity contribution in [1.82, 2.24) is 5.32 Å². The zero-order chi connectivity index (χ0) is 10.2. The minimum absolute atomic E-state index is 0.116. The number of nitrogens with one attached hydrogen (secondary N) is 1. The fraction of sp³-hybridized carbons (Fsp3) is 0.182. The van der Waals surface area contributed by atoms with Crippen LogP contribution in [0.3, 0.4) is 0 Å². The van der Waals surface area contributed by atoms with Gasteiger partial charge < -0.3 is 5.32 Å². The van der Waals surface area contributed by atoms with Crippen molar-refractivity contribution < 1.29 is 4.79 Å². The van der Waals surface area contributed by atoms with E-state index in [-0.39, 0.29) is 5.91 Å². The van der Waals surface area contributed by atoms with Gasteiger partial charge in [0.2, 0.25) is 5.91 Å². The number of alkyl halides is 1. The molecule has 0 aliphatic rings. The summed E-state index contributed by atoms with van der Waals surface area (Å²) in [7, 11) is 0. The van der Waals surface area contributed by atoms with Crippen LogP contribution < -0.4 is 5.32 Å². The minimum atomic E-state index is -0.116.